The third kappa shape index (κ3) is 6.37. The molecule has 0 saturated carbocycles. The van der Waals surface area contributed by atoms with Gasteiger partial charge in [0.2, 0.25) is 0 Å². The van der Waals surface area contributed by atoms with Gasteiger partial charge in [0.25, 0.3) is 0 Å². The third-order valence-corrected chi connectivity index (χ3v) is 4.57. The molecule has 0 saturated heterocycles. The number of aromatic nitrogens is 2. The minimum atomic E-state index is 0.706. The van der Waals surface area contributed by atoms with Gasteiger partial charge in [0.1, 0.15) is 0 Å². The van der Waals surface area contributed by atoms with Crippen molar-refractivity contribution in [3.63, 3.8) is 0 Å². The standard InChI is InChI=1S/C24H21BrN2.C2H6/c1-3-9-18(10-4-2)22-17-23(19-11-7-5-6-8-12-19)27-24(26-22)20-13-15-21(25)16-14-20;1-2/h3-5,7-17H,1,6H2,2H3;1-2H3/b10-4-,18-9+;. The quantitative estimate of drug-likeness (QED) is 0.434. The fraction of sp³-hybridized carbons (Fsp3) is 0.154. The second-order valence-corrected chi connectivity index (χ2v) is 6.93. The Balaban J connectivity index is 0.00000145. The number of allylic oxidation sites excluding steroid dienone is 11. The van der Waals surface area contributed by atoms with Gasteiger partial charge in [-0.25, -0.2) is 9.97 Å². The van der Waals surface area contributed by atoms with Crippen molar-refractivity contribution in [1.29, 1.82) is 0 Å². The molecule has 29 heavy (non-hydrogen) atoms. The van der Waals surface area contributed by atoms with Crippen molar-refractivity contribution in [1.82, 2.24) is 9.97 Å². The van der Waals surface area contributed by atoms with Gasteiger partial charge >= 0.3 is 0 Å². The molecular formula is C26H27BrN2. The first-order valence-corrected chi connectivity index (χ1v) is 10.6. The summed E-state index contributed by atoms with van der Waals surface area (Å²) in [6.07, 6.45) is 19.3. The van der Waals surface area contributed by atoms with E-state index in [9.17, 15) is 0 Å². The Labute approximate surface area is 182 Å². The van der Waals surface area contributed by atoms with E-state index >= 15 is 0 Å². The van der Waals surface area contributed by atoms with Gasteiger partial charge in [-0.2, -0.15) is 0 Å². The van der Waals surface area contributed by atoms with Crippen LogP contribution in [0.4, 0.5) is 0 Å². The molecule has 1 aromatic carbocycles. The molecule has 3 heteroatoms. The van der Waals surface area contributed by atoms with Crippen LogP contribution < -0.4 is 0 Å². The third-order valence-electron chi connectivity index (χ3n) is 4.05. The van der Waals surface area contributed by atoms with E-state index in [2.05, 4.69) is 52.9 Å². The molecule has 3 rings (SSSR count). The largest absolute Gasteiger partial charge is 0.228 e. The van der Waals surface area contributed by atoms with Gasteiger partial charge in [0.05, 0.1) is 11.4 Å². The van der Waals surface area contributed by atoms with E-state index in [-0.39, 0.29) is 0 Å². The lowest BCUT2D eigenvalue weighted by atomic mass is 10.1. The number of rotatable bonds is 5. The summed E-state index contributed by atoms with van der Waals surface area (Å²) in [5.74, 6) is 0.706. The molecule has 2 nitrogen and oxygen atoms in total. The molecule has 1 aliphatic carbocycles. The van der Waals surface area contributed by atoms with Crippen LogP contribution in [-0.2, 0) is 0 Å². The first kappa shape index (κ1) is 22.5. The Bertz CT molecular complexity index is 954. The highest BCUT2D eigenvalue weighted by molar-refractivity contribution is 9.10. The number of benzene rings is 1. The van der Waals surface area contributed by atoms with Crippen molar-refractivity contribution >= 4 is 27.1 Å². The van der Waals surface area contributed by atoms with Crippen LogP contribution in [-0.4, -0.2) is 9.97 Å². The Morgan fingerprint density at radius 3 is 2.55 bits per heavy atom. The summed E-state index contributed by atoms with van der Waals surface area (Å²) in [4.78, 5) is 9.67. The van der Waals surface area contributed by atoms with Crippen LogP contribution >= 0.6 is 15.9 Å². The van der Waals surface area contributed by atoms with Crippen LogP contribution in [0.5, 0.6) is 0 Å². The molecule has 0 fully saturated rings. The molecule has 2 aromatic rings. The van der Waals surface area contributed by atoms with Gasteiger partial charge < -0.3 is 0 Å². The fourth-order valence-corrected chi connectivity index (χ4v) is 3.02. The maximum absolute atomic E-state index is 4.84. The van der Waals surface area contributed by atoms with Crippen molar-refractivity contribution < 1.29 is 0 Å². The van der Waals surface area contributed by atoms with Crippen LogP contribution in [0.2, 0.25) is 0 Å². The lowest BCUT2D eigenvalue weighted by Crippen LogP contribution is -1.99. The van der Waals surface area contributed by atoms with Gasteiger partial charge in [-0.05, 0) is 42.7 Å². The van der Waals surface area contributed by atoms with E-state index in [1.807, 2.05) is 69.3 Å². The minimum absolute atomic E-state index is 0.706. The number of halogens is 1. The first-order chi connectivity index (χ1) is 14.2. The normalized spacial score (nSPS) is 13.5. The zero-order valence-electron chi connectivity index (χ0n) is 17.3. The summed E-state index contributed by atoms with van der Waals surface area (Å²) in [5.41, 5.74) is 4.83. The Morgan fingerprint density at radius 2 is 1.86 bits per heavy atom. The number of hydrogen-bond acceptors (Lipinski definition) is 2. The predicted molar refractivity (Wildman–Crippen MR) is 130 cm³/mol. The molecule has 0 atom stereocenters. The summed E-state index contributed by atoms with van der Waals surface area (Å²) in [6.45, 7) is 9.83. The smallest absolute Gasteiger partial charge is 0.160 e. The van der Waals surface area contributed by atoms with E-state index in [4.69, 9.17) is 9.97 Å². The van der Waals surface area contributed by atoms with Gasteiger partial charge in [-0.3, -0.25) is 0 Å². The van der Waals surface area contributed by atoms with E-state index in [0.29, 0.717) is 5.82 Å². The number of nitrogens with zero attached hydrogens (tertiary/aromatic N) is 2. The summed E-state index contributed by atoms with van der Waals surface area (Å²) >= 11 is 3.49. The predicted octanol–water partition coefficient (Wildman–Crippen LogP) is 7.98. The van der Waals surface area contributed by atoms with Crippen molar-refractivity contribution in [3.8, 4) is 11.4 Å². The SMILES string of the molecule is C=C/C=C(\C=C/C)c1cc(C2=CC=CCC=C2)nc(-c2ccc(Br)cc2)n1.CC. The lowest BCUT2D eigenvalue weighted by molar-refractivity contribution is 1.13. The molecule has 0 bridgehead atoms. The van der Waals surface area contributed by atoms with Crippen LogP contribution in [0.3, 0.4) is 0 Å². The van der Waals surface area contributed by atoms with E-state index < -0.39 is 0 Å². The Hall–Kier alpha value is -2.78. The zero-order valence-corrected chi connectivity index (χ0v) is 18.9. The van der Waals surface area contributed by atoms with Crippen molar-refractivity contribution in [2.45, 2.75) is 27.2 Å². The van der Waals surface area contributed by atoms with Gasteiger partial charge in [-0.15, -0.1) is 0 Å². The van der Waals surface area contributed by atoms with Crippen LogP contribution in [0.15, 0.2) is 96.1 Å². The molecule has 0 spiro atoms. The minimum Gasteiger partial charge on any atom is -0.228 e. The highest BCUT2D eigenvalue weighted by atomic mass is 79.9. The first-order valence-electron chi connectivity index (χ1n) is 9.86. The summed E-state index contributed by atoms with van der Waals surface area (Å²) < 4.78 is 1.03. The Morgan fingerprint density at radius 1 is 1.10 bits per heavy atom. The van der Waals surface area contributed by atoms with Gasteiger partial charge in [0, 0.05) is 10.0 Å². The number of hydrogen-bond donors (Lipinski definition) is 0. The maximum Gasteiger partial charge on any atom is 0.160 e. The van der Waals surface area contributed by atoms with Crippen LogP contribution in [0, 0.1) is 0 Å². The average Bonchev–Trinajstić information content (AvgIpc) is 3.05. The molecule has 0 radical (unpaired) electrons. The van der Waals surface area contributed by atoms with Gasteiger partial charge in [0.15, 0.2) is 5.82 Å². The average molecular weight is 447 g/mol. The molecular weight excluding hydrogens is 420 g/mol. The van der Waals surface area contributed by atoms with Gasteiger partial charge in [-0.1, -0.05) is 103 Å². The van der Waals surface area contributed by atoms with E-state index in [0.717, 1.165) is 39.0 Å². The second-order valence-electron chi connectivity index (χ2n) is 6.01. The van der Waals surface area contributed by atoms with Crippen molar-refractivity contribution in [3.05, 3.63) is 107 Å². The summed E-state index contributed by atoms with van der Waals surface area (Å²) in [6, 6.07) is 10.1. The molecule has 0 amide bonds. The molecule has 1 aromatic heterocycles. The molecule has 0 N–H and O–H groups in total. The highest BCUT2D eigenvalue weighted by Gasteiger charge is 2.11. The molecule has 148 valence electrons. The Kier molecular flexibility index (Phi) is 9.26. The van der Waals surface area contributed by atoms with Crippen molar-refractivity contribution in [2.75, 3.05) is 0 Å². The topological polar surface area (TPSA) is 25.8 Å². The molecule has 1 heterocycles. The molecule has 1 aliphatic rings. The zero-order chi connectivity index (χ0) is 21.1. The highest BCUT2D eigenvalue weighted by Crippen LogP contribution is 2.26. The lowest BCUT2D eigenvalue weighted by Gasteiger charge is -2.10. The van der Waals surface area contributed by atoms with E-state index in [1.165, 1.54) is 0 Å². The second kappa shape index (κ2) is 11.9. The fourth-order valence-electron chi connectivity index (χ4n) is 2.75. The maximum atomic E-state index is 4.84. The molecule has 0 aliphatic heterocycles. The van der Waals surface area contributed by atoms with Crippen molar-refractivity contribution in [2.24, 2.45) is 0 Å². The van der Waals surface area contributed by atoms with Crippen LogP contribution in [0.1, 0.15) is 38.6 Å². The monoisotopic (exact) mass is 446 g/mol. The van der Waals surface area contributed by atoms with Crippen LogP contribution in [0.25, 0.3) is 22.5 Å². The summed E-state index contributed by atoms with van der Waals surface area (Å²) in [5, 5.41) is 0. The summed E-state index contributed by atoms with van der Waals surface area (Å²) in [7, 11) is 0. The van der Waals surface area contributed by atoms with E-state index in [1.54, 1.807) is 6.08 Å². The molecule has 0 unspecified atom stereocenters.